The average molecular weight is 503 g/mol. The van der Waals surface area contributed by atoms with Gasteiger partial charge >= 0.3 is 18.9 Å². The van der Waals surface area contributed by atoms with Crippen LogP contribution in [0.15, 0.2) is 82.6 Å². The molecule has 1 aliphatic heterocycles. The average Bonchev–Trinajstić information content (AvgIpc) is 3.63. The summed E-state index contributed by atoms with van der Waals surface area (Å²) in [6.07, 6.45) is 2.79. The summed E-state index contributed by atoms with van der Waals surface area (Å²) in [6, 6.07) is 23.8. The van der Waals surface area contributed by atoms with Gasteiger partial charge < -0.3 is 15.2 Å². The summed E-state index contributed by atoms with van der Waals surface area (Å²) in [5, 5.41) is 18.6. The normalized spacial score (nSPS) is 16.4. The van der Waals surface area contributed by atoms with Crippen LogP contribution in [-0.4, -0.2) is 16.3 Å². The molecule has 2 heterocycles. The largest absolute Gasteiger partial charge is 1.00 e. The number of carboxylic acid groups (broad SMARTS) is 1. The van der Waals surface area contributed by atoms with E-state index in [2.05, 4.69) is 47.8 Å². The van der Waals surface area contributed by atoms with Crippen molar-refractivity contribution in [2.24, 2.45) is 0 Å². The Bertz CT molecular complexity index is 1510. The molecule has 1 aliphatic carbocycles. The molecular weight excluding hydrogens is 475 g/mol. The number of carbonyl (C=O) groups is 1. The molecule has 0 saturated heterocycles. The summed E-state index contributed by atoms with van der Waals surface area (Å²) in [5.41, 5.74) is 5.04. The third kappa shape index (κ3) is 5.04. The van der Waals surface area contributed by atoms with Crippen molar-refractivity contribution in [2.75, 3.05) is 5.75 Å². The summed E-state index contributed by atoms with van der Waals surface area (Å²) < 4.78 is 1.51. The van der Waals surface area contributed by atoms with Gasteiger partial charge in [0.2, 0.25) is 0 Å². The van der Waals surface area contributed by atoms with Crippen molar-refractivity contribution in [3.05, 3.63) is 111 Å². The number of benzene rings is 3. The predicted octanol–water partition coefficient (Wildman–Crippen LogP) is 1.16. The maximum Gasteiger partial charge on any atom is 1.00 e. The summed E-state index contributed by atoms with van der Waals surface area (Å²) in [4.78, 5) is 25.9. The van der Waals surface area contributed by atoms with Gasteiger partial charge in [-0.05, 0) is 58.2 Å². The molecule has 7 heteroatoms. The molecule has 0 bridgehead atoms. The Morgan fingerprint density at radius 1 is 0.946 bits per heavy atom. The molecule has 1 aromatic heterocycles. The molecular formula is C30H27LiN2O3S. The predicted molar refractivity (Wildman–Crippen MR) is 141 cm³/mol. The third-order valence-corrected chi connectivity index (χ3v) is 8.46. The van der Waals surface area contributed by atoms with Crippen molar-refractivity contribution in [1.82, 2.24) is 9.88 Å². The molecule has 4 aromatic rings. The number of thioether (sulfide) groups is 1. The topological polar surface area (TPSA) is 74.2 Å². The maximum atomic E-state index is 13.9. The first-order valence-corrected chi connectivity index (χ1v) is 13.5. The second-order valence-corrected chi connectivity index (χ2v) is 10.7. The number of fused-ring (bicyclic) bond motifs is 2. The van der Waals surface area contributed by atoms with E-state index in [4.69, 9.17) is 0 Å². The zero-order chi connectivity index (χ0) is 24.6. The molecule has 37 heavy (non-hydrogen) atoms. The monoisotopic (exact) mass is 502 g/mol. The fourth-order valence-electron chi connectivity index (χ4n) is 5.37. The van der Waals surface area contributed by atoms with Crippen molar-refractivity contribution in [3.8, 4) is 0 Å². The molecule has 1 fully saturated rings. The van der Waals surface area contributed by atoms with E-state index in [1.807, 2.05) is 30.3 Å². The minimum Gasteiger partial charge on any atom is -0.548 e. The van der Waals surface area contributed by atoms with Crippen LogP contribution in [0.25, 0.3) is 10.8 Å². The van der Waals surface area contributed by atoms with E-state index >= 15 is 0 Å². The van der Waals surface area contributed by atoms with Gasteiger partial charge in [0.25, 0.3) is 5.56 Å². The summed E-state index contributed by atoms with van der Waals surface area (Å²) in [7, 11) is 0. The van der Waals surface area contributed by atoms with E-state index < -0.39 is 12.0 Å². The SMILES string of the molecule is O=C([O-])[C@@H]1CSc2c(C3CC3)c(Cc3cccc4ccccc34)c(CNCc3ccccc3)c(=O)n21.[Li+]. The molecule has 1 N–H and O–H groups in total. The minimum absolute atomic E-state index is 0. The number of hydrogen-bond donors (Lipinski definition) is 1. The van der Waals surface area contributed by atoms with Crippen LogP contribution in [0.3, 0.4) is 0 Å². The van der Waals surface area contributed by atoms with Crippen LogP contribution in [0.4, 0.5) is 0 Å². The number of carbonyl (C=O) groups excluding carboxylic acids is 1. The van der Waals surface area contributed by atoms with Gasteiger partial charge in [0.05, 0.1) is 17.0 Å². The molecule has 6 rings (SSSR count). The van der Waals surface area contributed by atoms with Crippen LogP contribution in [0.2, 0.25) is 0 Å². The Morgan fingerprint density at radius 2 is 1.68 bits per heavy atom. The number of nitrogens with one attached hydrogen (secondary N) is 1. The van der Waals surface area contributed by atoms with Crippen LogP contribution in [0.1, 0.15) is 52.6 Å². The van der Waals surface area contributed by atoms with Crippen molar-refractivity contribution in [3.63, 3.8) is 0 Å². The Labute approximate surface area is 232 Å². The molecule has 0 unspecified atom stereocenters. The van der Waals surface area contributed by atoms with E-state index in [9.17, 15) is 14.7 Å². The Balaban J connectivity index is 0.00000280. The van der Waals surface area contributed by atoms with Crippen LogP contribution in [0.5, 0.6) is 0 Å². The van der Waals surface area contributed by atoms with Crippen LogP contribution >= 0.6 is 11.8 Å². The number of pyridine rings is 1. The molecule has 1 atom stereocenters. The van der Waals surface area contributed by atoms with Gasteiger partial charge in [-0.15, -0.1) is 11.8 Å². The second kappa shape index (κ2) is 10.9. The number of hydrogen-bond acceptors (Lipinski definition) is 5. The Kier molecular flexibility index (Phi) is 7.64. The fourth-order valence-corrected chi connectivity index (χ4v) is 6.76. The van der Waals surface area contributed by atoms with Crippen molar-refractivity contribution in [2.45, 2.75) is 49.3 Å². The quantitative estimate of drug-likeness (QED) is 0.366. The van der Waals surface area contributed by atoms with E-state index in [0.717, 1.165) is 29.0 Å². The summed E-state index contributed by atoms with van der Waals surface area (Å²) >= 11 is 1.49. The molecule has 1 saturated carbocycles. The van der Waals surface area contributed by atoms with Gasteiger partial charge in [-0.3, -0.25) is 9.36 Å². The van der Waals surface area contributed by atoms with Crippen molar-refractivity contribution >= 4 is 28.5 Å². The van der Waals surface area contributed by atoms with E-state index in [-0.39, 0.29) is 24.4 Å². The second-order valence-electron chi connectivity index (χ2n) is 9.68. The Hall–Kier alpha value is -2.75. The van der Waals surface area contributed by atoms with Gasteiger partial charge in [-0.1, -0.05) is 72.8 Å². The maximum absolute atomic E-state index is 13.9. The third-order valence-electron chi connectivity index (χ3n) is 7.28. The first kappa shape index (κ1) is 25.9. The van der Waals surface area contributed by atoms with Gasteiger partial charge in [-0.25, -0.2) is 0 Å². The molecule has 182 valence electrons. The number of aliphatic carboxylic acids is 1. The van der Waals surface area contributed by atoms with Gasteiger partial charge in [0, 0.05) is 24.4 Å². The minimum atomic E-state index is -1.19. The number of carboxylic acids is 1. The van der Waals surface area contributed by atoms with Gasteiger partial charge in [-0.2, -0.15) is 0 Å². The zero-order valence-electron chi connectivity index (χ0n) is 20.9. The molecule has 3 aromatic carbocycles. The molecule has 0 amide bonds. The molecule has 0 spiro atoms. The number of rotatable bonds is 8. The molecule has 0 radical (unpaired) electrons. The van der Waals surface area contributed by atoms with Crippen LogP contribution in [0, 0.1) is 0 Å². The number of nitrogens with zero attached hydrogens (tertiary/aromatic N) is 1. The number of aromatic nitrogens is 1. The van der Waals surface area contributed by atoms with E-state index in [1.54, 1.807) is 0 Å². The zero-order valence-corrected chi connectivity index (χ0v) is 21.7. The summed E-state index contributed by atoms with van der Waals surface area (Å²) in [5.74, 6) is -0.473. The van der Waals surface area contributed by atoms with Crippen molar-refractivity contribution < 1.29 is 28.8 Å². The molecule has 5 nitrogen and oxygen atoms in total. The summed E-state index contributed by atoms with van der Waals surface area (Å²) in [6.45, 7) is 1.02. The van der Waals surface area contributed by atoms with Gasteiger partial charge in [0.1, 0.15) is 0 Å². The smallest absolute Gasteiger partial charge is 0.548 e. The first-order chi connectivity index (χ1) is 17.6. The van der Waals surface area contributed by atoms with E-state index in [0.29, 0.717) is 36.7 Å². The van der Waals surface area contributed by atoms with Gasteiger partial charge in [0.15, 0.2) is 0 Å². The van der Waals surface area contributed by atoms with E-state index in [1.165, 1.54) is 38.2 Å². The first-order valence-electron chi connectivity index (χ1n) is 12.5. The molecule has 2 aliphatic rings. The Morgan fingerprint density at radius 3 is 2.43 bits per heavy atom. The van der Waals surface area contributed by atoms with Crippen molar-refractivity contribution in [1.29, 1.82) is 0 Å². The fraction of sp³-hybridized carbons (Fsp3) is 0.267. The van der Waals surface area contributed by atoms with Crippen LogP contribution in [-0.2, 0) is 24.3 Å². The van der Waals surface area contributed by atoms with Crippen LogP contribution < -0.4 is 34.8 Å². The standard InChI is InChI=1S/C30H28N2O3S.Li/c33-28-25(17-31-16-19-7-2-1-3-8-19)24(15-22-11-6-10-20-9-4-5-12-23(20)22)27(21-13-14-21)29-32(28)26(18-36-29)30(34)35;/h1-12,21,26,31H,13-18H2,(H,34,35);/q;+1/p-1/t26-;/m0./s1.